The zero-order valence-corrected chi connectivity index (χ0v) is 11.0. The second-order valence-corrected chi connectivity index (χ2v) is 4.66. The van der Waals surface area contributed by atoms with Gasteiger partial charge in [0.05, 0.1) is 0 Å². The molecule has 0 N–H and O–H groups in total. The normalized spacial score (nSPS) is 10.6. The summed E-state index contributed by atoms with van der Waals surface area (Å²) < 4.78 is 1.79. The Morgan fingerprint density at radius 1 is 1.33 bits per heavy atom. The van der Waals surface area contributed by atoms with Crippen LogP contribution in [0.3, 0.4) is 0 Å². The minimum atomic E-state index is 0.198. The minimum absolute atomic E-state index is 0.198. The molecule has 0 saturated carbocycles. The van der Waals surface area contributed by atoms with Gasteiger partial charge in [0.2, 0.25) is 0 Å². The third-order valence-corrected chi connectivity index (χ3v) is 3.30. The molecule has 0 unspecified atom stereocenters. The Morgan fingerprint density at radius 3 is 2.78 bits per heavy atom. The van der Waals surface area contributed by atoms with Crippen LogP contribution in [-0.2, 0) is 24.7 Å². The average molecular weight is 263 g/mol. The van der Waals surface area contributed by atoms with Crippen molar-refractivity contribution in [1.82, 2.24) is 9.78 Å². The highest BCUT2D eigenvalue weighted by Gasteiger charge is 2.08. The first-order chi connectivity index (χ1) is 8.66. The lowest BCUT2D eigenvalue weighted by Crippen LogP contribution is -2.07. The molecule has 0 atom stereocenters. The van der Waals surface area contributed by atoms with Gasteiger partial charge in [0.25, 0.3) is 0 Å². The van der Waals surface area contributed by atoms with Crippen molar-refractivity contribution in [3.05, 3.63) is 52.8 Å². The van der Waals surface area contributed by atoms with Gasteiger partial charge in [0, 0.05) is 36.8 Å². The van der Waals surface area contributed by atoms with E-state index in [1.807, 2.05) is 37.4 Å². The average Bonchev–Trinajstić information content (AvgIpc) is 2.75. The summed E-state index contributed by atoms with van der Waals surface area (Å²) in [6.07, 6.45) is 3.38. The third-order valence-electron chi connectivity index (χ3n) is 2.93. The Kier molecular flexibility index (Phi) is 4.15. The summed E-state index contributed by atoms with van der Waals surface area (Å²) in [5, 5.41) is 4.74. The van der Waals surface area contributed by atoms with E-state index in [4.69, 9.17) is 11.6 Å². The molecule has 0 radical (unpaired) electrons. The van der Waals surface area contributed by atoms with Gasteiger partial charge in [-0.25, -0.2) is 0 Å². The van der Waals surface area contributed by atoms with Crippen molar-refractivity contribution in [1.29, 1.82) is 0 Å². The Bertz CT molecular complexity index is 548. The summed E-state index contributed by atoms with van der Waals surface area (Å²) in [6, 6.07) is 9.40. The van der Waals surface area contributed by atoms with Gasteiger partial charge in [-0.1, -0.05) is 29.8 Å². The van der Waals surface area contributed by atoms with Crippen LogP contribution < -0.4 is 0 Å². The van der Waals surface area contributed by atoms with Crippen molar-refractivity contribution >= 4 is 17.4 Å². The number of aromatic nitrogens is 2. The first-order valence-electron chi connectivity index (χ1n) is 5.89. The molecule has 0 saturated heterocycles. The van der Waals surface area contributed by atoms with Crippen molar-refractivity contribution in [2.24, 2.45) is 7.05 Å². The van der Waals surface area contributed by atoms with Crippen LogP contribution in [-0.4, -0.2) is 15.6 Å². The van der Waals surface area contributed by atoms with Crippen molar-refractivity contribution < 1.29 is 4.79 Å². The van der Waals surface area contributed by atoms with Gasteiger partial charge >= 0.3 is 0 Å². The van der Waals surface area contributed by atoms with Crippen molar-refractivity contribution in [2.45, 2.75) is 19.3 Å². The fraction of sp³-hybridized carbons (Fsp3) is 0.286. The number of carbonyl (C=O) groups is 1. The van der Waals surface area contributed by atoms with E-state index >= 15 is 0 Å². The number of nitrogens with zero attached hydrogens (tertiary/aromatic N) is 2. The number of halogens is 1. The van der Waals surface area contributed by atoms with E-state index in [2.05, 4.69) is 5.10 Å². The maximum atomic E-state index is 11.9. The summed E-state index contributed by atoms with van der Waals surface area (Å²) in [6.45, 7) is 0. The van der Waals surface area contributed by atoms with E-state index in [1.54, 1.807) is 10.9 Å². The molecule has 0 fully saturated rings. The molecular formula is C14H15ClN2O. The Hall–Kier alpha value is -1.61. The fourth-order valence-corrected chi connectivity index (χ4v) is 2.06. The van der Waals surface area contributed by atoms with Gasteiger partial charge < -0.3 is 0 Å². The van der Waals surface area contributed by atoms with E-state index in [9.17, 15) is 4.79 Å². The van der Waals surface area contributed by atoms with Crippen LogP contribution in [0.1, 0.15) is 17.7 Å². The Labute approximate surface area is 111 Å². The zero-order valence-electron chi connectivity index (χ0n) is 10.3. The molecule has 0 aliphatic heterocycles. The Balaban J connectivity index is 1.90. The second kappa shape index (κ2) is 5.83. The van der Waals surface area contributed by atoms with Crippen LogP contribution in [0.15, 0.2) is 36.5 Å². The van der Waals surface area contributed by atoms with Gasteiger partial charge in [-0.2, -0.15) is 5.10 Å². The number of rotatable bonds is 5. The van der Waals surface area contributed by atoms with Crippen molar-refractivity contribution in [3.63, 3.8) is 0 Å². The van der Waals surface area contributed by atoms with Gasteiger partial charge in [-0.05, 0) is 24.1 Å². The molecule has 4 heteroatoms. The van der Waals surface area contributed by atoms with Crippen LogP contribution in [0, 0.1) is 0 Å². The molecule has 18 heavy (non-hydrogen) atoms. The smallest absolute Gasteiger partial charge is 0.137 e. The number of hydrogen-bond donors (Lipinski definition) is 0. The molecule has 0 amide bonds. The molecule has 1 heterocycles. The zero-order chi connectivity index (χ0) is 13.0. The van der Waals surface area contributed by atoms with Crippen molar-refractivity contribution in [2.75, 3.05) is 0 Å². The summed E-state index contributed by atoms with van der Waals surface area (Å²) >= 11 is 6.03. The maximum Gasteiger partial charge on any atom is 0.137 e. The number of Topliss-reactive ketones (excluding diaryl/α,β-unsaturated/α-hetero) is 1. The SMILES string of the molecule is Cn1nccc1CCC(=O)Cc1ccccc1Cl. The van der Waals surface area contributed by atoms with Crippen molar-refractivity contribution in [3.8, 4) is 0 Å². The maximum absolute atomic E-state index is 11.9. The molecule has 0 aliphatic carbocycles. The predicted octanol–water partition coefficient (Wildman–Crippen LogP) is 2.82. The summed E-state index contributed by atoms with van der Waals surface area (Å²) in [5.41, 5.74) is 1.97. The molecule has 1 aromatic heterocycles. The van der Waals surface area contributed by atoms with Gasteiger partial charge in [-0.3, -0.25) is 9.48 Å². The molecule has 0 aliphatic rings. The second-order valence-electron chi connectivity index (χ2n) is 4.25. The molecule has 94 valence electrons. The van der Waals surface area contributed by atoms with Gasteiger partial charge in [-0.15, -0.1) is 0 Å². The van der Waals surface area contributed by atoms with Crippen LogP contribution in [0.4, 0.5) is 0 Å². The standard InChI is InChI=1S/C14H15ClN2O/c1-17-12(8-9-16-17)6-7-13(18)10-11-4-2-3-5-14(11)15/h2-5,8-9H,6-7,10H2,1H3. The summed E-state index contributed by atoms with van der Waals surface area (Å²) in [5.74, 6) is 0.198. The number of hydrogen-bond acceptors (Lipinski definition) is 2. The lowest BCUT2D eigenvalue weighted by atomic mass is 10.0. The summed E-state index contributed by atoms with van der Waals surface area (Å²) in [4.78, 5) is 11.9. The first-order valence-corrected chi connectivity index (χ1v) is 6.26. The van der Waals surface area contributed by atoms with E-state index in [-0.39, 0.29) is 5.78 Å². The number of ketones is 1. The highest BCUT2D eigenvalue weighted by atomic mass is 35.5. The highest BCUT2D eigenvalue weighted by molar-refractivity contribution is 6.31. The number of carbonyl (C=O) groups excluding carboxylic acids is 1. The molecule has 2 aromatic rings. The van der Waals surface area contributed by atoms with Crippen LogP contribution in [0.2, 0.25) is 5.02 Å². The van der Waals surface area contributed by atoms with Gasteiger partial charge in [0.15, 0.2) is 0 Å². The molecule has 1 aromatic carbocycles. The van der Waals surface area contributed by atoms with E-state index in [0.717, 1.165) is 17.7 Å². The monoisotopic (exact) mass is 262 g/mol. The molecular weight excluding hydrogens is 248 g/mol. The quantitative estimate of drug-likeness (QED) is 0.831. The van der Waals surface area contributed by atoms with E-state index in [0.29, 0.717) is 17.9 Å². The number of aryl methyl sites for hydroxylation is 2. The van der Waals surface area contributed by atoms with Gasteiger partial charge in [0.1, 0.15) is 5.78 Å². The fourth-order valence-electron chi connectivity index (χ4n) is 1.86. The Morgan fingerprint density at radius 2 is 2.11 bits per heavy atom. The minimum Gasteiger partial charge on any atom is -0.299 e. The molecule has 3 nitrogen and oxygen atoms in total. The predicted molar refractivity (Wildman–Crippen MR) is 71.7 cm³/mol. The molecule has 0 bridgehead atoms. The third kappa shape index (κ3) is 3.20. The number of benzene rings is 1. The summed E-state index contributed by atoms with van der Waals surface area (Å²) in [7, 11) is 1.88. The lowest BCUT2D eigenvalue weighted by molar-refractivity contribution is -0.118. The molecule has 0 spiro atoms. The highest BCUT2D eigenvalue weighted by Crippen LogP contribution is 2.16. The largest absolute Gasteiger partial charge is 0.299 e. The van der Waals surface area contributed by atoms with E-state index < -0.39 is 0 Å². The van der Waals surface area contributed by atoms with E-state index in [1.165, 1.54) is 0 Å². The van der Waals surface area contributed by atoms with Crippen LogP contribution >= 0.6 is 11.6 Å². The lowest BCUT2D eigenvalue weighted by Gasteiger charge is -2.04. The van der Waals surface area contributed by atoms with Crippen LogP contribution in [0.5, 0.6) is 0 Å². The van der Waals surface area contributed by atoms with Crippen LogP contribution in [0.25, 0.3) is 0 Å². The first kappa shape index (κ1) is 12.8. The molecule has 2 rings (SSSR count). The topological polar surface area (TPSA) is 34.9 Å².